The zero-order valence-electron chi connectivity index (χ0n) is 11.5. The molecule has 1 unspecified atom stereocenters. The molecule has 0 bridgehead atoms. The van der Waals surface area contributed by atoms with Crippen LogP contribution < -0.4 is 10.1 Å². The SMILES string of the molecule is CN(CC1CCNC1)C(=O)CCOc1ccccc1. The summed E-state index contributed by atoms with van der Waals surface area (Å²) in [7, 11) is 1.88. The van der Waals surface area contributed by atoms with Crippen LogP contribution in [0.5, 0.6) is 5.75 Å². The van der Waals surface area contributed by atoms with Crippen molar-refractivity contribution in [3.63, 3.8) is 0 Å². The second kappa shape index (κ2) is 7.14. The first-order valence-corrected chi connectivity index (χ1v) is 6.88. The minimum atomic E-state index is 0.155. The lowest BCUT2D eigenvalue weighted by Gasteiger charge is -2.20. The average molecular weight is 262 g/mol. The molecule has 1 fully saturated rings. The Balaban J connectivity index is 1.66. The predicted molar refractivity (Wildman–Crippen MR) is 75.2 cm³/mol. The fraction of sp³-hybridized carbons (Fsp3) is 0.533. The normalized spacial score (nSPS) is 18.3. The van der Waals surface area contributed by atoms with E-state index < -0.39 is 0 Å². The minimum absolute atomic E-state index is 0.155. The van der Waals surface area contributed by atoms with Gasteiger partial charge in [0.15, 0.2) is 0 Å². The largest absolute Gasteiger partial charge is 0.493 e. The molecular weight excluding hydrogens is 240 g/mol. The van der Waals surface area contributed by atoms with E-state index in [1.54, 1.807) is 0 Å². The number of rotatable bonds is 6. The first-order chi connectivity index (χ1) is 9.25. The van der Waals surface area contributed by atoms with Crippen LogP contribution in [-0.2, 0) is 4.79 Å². The summed E-state index contributed by atoms with van der Waals surface area (Å²) in [6.45, 7) is 3.38. The Kier molecular flexibility index (Phi) is 5.21. The van der Waals surface area contributed by atoms with E-state index >= 15 is 0 Å². The van der Waals surface area contributed by atoms with Crippen molar-refractivity contribution in [1.82, 2.24) is 10.2 Å². The molecule has 1 aliphatic heterocycles. The molecule has 1 atom stereocenters. The number of para-hydroxylation sites is 1. The van der Waals surface area contributed by atoms with E-state index in [1.807, 2.05) is 42.3 Å². The maximum absolute atomic E-state index is 11.9. The Labute approximate surface area is 114 Å². The Bertz CT molecular complexity index is 388. The van der Waals surface area contributed by atoms with Crippen LogP contribution in [0.15, 0.2) is 30.3 Å². The number of carbonyl (C=O) groups is 1. The lowest BCUT2D eigenvalue weighted by atomic mass is 10.1. The summed E-state index contributed by atoms with van der Waals surface area (Å²) in [5.74, 6) is 1.57. The van der Waals surface area contributed by atoms with E-state index in [9.17, 15) is 4.79 Å². The number of hydrogen-bond acceptors (Lipinski definition) is 3. The van der Waals surface area contributed by atoms with Crippen molar-refractivity contribution >= 4 is 5.91 Å². The Morgan fingerprint density at radius 3 is 2.89 bits per heavy atom. The third kappa shape index (κ3) is 4.56. The third-order valence-electron chi connectivity index (χ3n) is 3.45. The molecule has 0 radical (unpaired) electrons. The van der Waals surface area contributed by atoms with Gasteiger partial charge >= 0.3 is 0 Å². The zero-order valence-corrected chi connectivity index (χ0v) is 11.5. The van der Waals surface area contributed by atoms with Crippen molar-refractivity contribution in [3.8, 4) is 5.75 Å². The van der Waals surface area contributed by atoms with Crippen molar-refractivity contribution in [2.24, 2.45) is 5.92 Å². The van der Waals surface area contributed by atoms with Crippen LogP contribution in [0.3, 0.4) is 0 Å². The van der Waals surface area contributed by atoms with E-state index in [4.69, 9.17) is 4.74 Å². The van der Waals surface area contributed by atoms with Crippen LogP contribution in [0.4, 0.5) is 0 Å². The minimum Gasteiger partial charge on any atom is -0.493 e. The van der Waals surface area contributed by atoms with E-state index in [1.165, 1.54) is 0 Å². The summed E-state index contributed by atoms with van der Waals surface area (Å²) in [6.07, 6.45) is 1.60. The molecule has 1 amide bonds. The van der Waals surface area contributed by atoms with Crippen molar-refractivity contribution in [1.29, 1.82) is 0 Å². The van der Waals surface area contributed by atoms with Crippen LogP contribution in [0, 0.1) is 5.92 Å². The quantitative estimate of drug-likeness (QED) is 0.845. The van der Waals surface area contributed by atoms with Gasteiger partial charge in [-0.1, -0.05) is 18.2 Å². The van der Waals surface area contributed by atoms with Gasteiger partial charge in [0.05, 0.1) is 13.0 Å². The summed E-state index contributed by atoms with van der Waals surface area (Å²) in [5, 5.41) is 3.32. The smallest absolute Gasteiger partial charge is 0.225 e. The van der Waals surface area contributed by atoms with Crippen molar-refractivity contribution < 1.29 is 9.53 Å². The first kappa shape index (κ1) is 13.9. The molecule has 1 aliphatic rings. The van der Waals surface area contributed by atoms with Crippen molar-refractivity contribution in [3.05, 3.63) is 30.3 Å². The predicted octanol–water partition coefficient (Wildman–Crippen LogP) is 1.52. The fourth-order valence-electron chi connectivity index (χ4n) is 2.32. The van der Waals surface area contributed by atoms with Crippen molar-refractivity contribution in [2.75, 3.05) is 33.3 Å². The van der Waals surface area contributed by atoms with E-state index in [2.05, 4.69) is 5.32 Å². The number of nitrogens with one attached hydrogen (secondary N) is 1. The Morgan fingerprint density at radius 1 is 1.42 bits per heavy atom. The second-order valence-corrected chi connectivity index (χ2v) is 5.04. The fourth-order valence-corrected chi connectivity index (χ4v) is 2.32. The first-order valence-electron chi connectivity index (χ1n) is 6.88. The lowest BCUT2D eigenvalue weighted by molar-refractivity contribution is -0.130. The van der Waals surface area contributed by atoms with Gasteiger partial charge in [-0.05, 0) is 37.6 Å². The molecule has 0 saturated carbocycles. The van der Waals surface area contributed by atoms with Gasteiger partial charge in [-0.3, -0.25) is 4.79 Å². The number of amides is 1. The number of hydrogen-bond donors (Lipinski definition) is 1. The van der Waals surface area contributed by atoms with E-state index in [0.717, 1.165) is 31.8 Å². The van der Waals surface area contributed by atoms with Crippen LogP contribution in [0.2, 0.25) is 0 Å². The molecule has 0 aromatic heterocycles. The Hall–Kier alpha value is -1.55. The Morgan fingerprint density at radius 2 is 2.21 bits per heavy atom. The molecule has 19 heavy (non-hydrogen) atoms. The topological polar surface area (TPSA) is 41.6 Å². The molecule has 1 aromatic rings. The number of carbonyl (C=O) groups excluding carboxylic acids is 1. The van der Waals surface area contributed by atoms with Crippen LogP contribution in [0.25, 0.3) is 0 Å². The molecule has 1 saturated heterocycles. The molecular formula is C15H22N2O2. The van der Waals surface area contributed by atoms with Gasteiger partial charge in [-0.15, -0.1) is 0 Å². The van der Waals surface area contributed by atoms with Gasteiger partial charge in [0.25, 0.3) is 0 Å². The molecule has 1 heterocycles. The molecule has 4 nitrogen and oxygen atoms in total. The highest BCUT2D eigenvalue weighted by Gasteiger charge is 2.18. The van der Waals surface area contributed by atoms with Gasteiger partial charge in [0, 0.05) is 13.6 Å². The molecule has 2 rings (SSSR count). The zero-order chi connectivity index (χ0) is 13.5. The van der Waals surface area contributed by atoms with Crippen LogP contribution in [0.1, 0.15) is 12.8 Å². The van der Waals surface area contributed by atoms with E-state index in [0.29, 0.717) is 18.9 Å². The van der Waals surface area contributed by atoms with Crippen LogP contribution in [-0.4, -0.2) is 44.1 Å². The summed E-state index contributed by atoms with van der Waals surface area (Å²) < 4.78 is 5.54. The highest BCUT2D eigenvalue weighted by atomic mass is 16.5. The van der Waals surface area contributed by atoms with Gasteiger partial charge in [-0.25, -0.2) is 0 Å². The average Bonchev–Trinajstić information content (AvgIpc) is 2.92. The summed E-state index contributed by atoms with van der Waals surface area (Å²) in [5.41, 5.74) is 0. The van der Waals surface area contributed by atoms with Crippen LogP contribution >= 0.6 is 0 Å². The third-order valence-corrected chi connectivity index (χ3v) is 3.45. The lowest BCUT2D eigenvalue weighted by Crippen LogP contribution is -2.33. The van der Waals surface area contributed by atoms with E-state index in [-0.39, 0.29) is 5.91 Å². The molecule has 1 N–H and O–H groups in total. The molecule has 0 spiro atoms. The molecule has 104 valence electrons. The highest BCUT2D eigenvalue weighted by Crippen LogP contribution is 2.11. The number of benzene rings is 1. The maximum Gasteiger partial charge on any atom is 0.225 e. The molecule has 1 aromatic carbocycles. The maximum atomic E-state index is 11.9. The summed E-state index contributed by atoms with van der Waals surface area (Å²) in [6, 6.07) is 9.60. The summed E-state index contributed by atoms with van der Waals surface area (Å²) in [4.78, 5) is 13.8. The molecule has 4 heteroatoms. The monoisotopic (exact) mass is 262 g/mol. The number of nitrogens with zero attached hydrogens (tertiary/aromatic N) is 1. The highest BCUT2D eigenvalue weighted by molar-refractivity contribution is 5.76. The molecule has 0 aliphatic carbocycles. The number of ether oxygens (including phenoxy) is 1. The van der Waals surface area contributed by atoms with Gasteiger partial charge in [0.1, 0.15) is 5.75 Å². The van der Waals surface area contributed by atoms with Crippen molar-refractivity contribution in [2.45, 2.75) is 12.8 Å². The summed E-state index contributed by atoms with van der Waals surface area (Å²) >= 11 is 0. The van der Waals surface area contributed by atoms with Gasteiger partial charge in [0.2, 0.25) is 5.91 Å². The van der Waals surface area contributed by atoms with Gasteiger partial charge < -0.3 is 15.0 Å². The van der Waals surface area contributed by atoms with Gasteiger partial charge in [-0.2, -0.15) is 0 Å². The standard InChI is InChI=1S/C15H22N2O2/c1-17(12-13-7-9-16-11-13)15(18)8-10-19-14-5-3-2-4-6-14/h2-6,13,16H,7-12H2,1H3. The second-order valence-electron chi connectivity index (χ2n) is 5.04.